The summed E-state index contributed by atoms with van der Waals surface area (Å²) >= 11 is 0. The molecule has 1 rings (SSSR count). The molecule has 0 bridgehead atoms. The lowest BCUT2D eigenvalue weighted by Gasteiger charge is -2.14. The van der Waals surface area contributed by atoms with Gasteiger partial charge in [0, 0.05) is 12.1 Å². The van der Waals surface area contributed by atoms with E-state index < -0.39 is 42.8 Å². The Bertz CT molecular complexity index is 448. The number of aliphatic hydroxyl groups is 1. The van der Waals surface area contributed by atoms with E-state index in [0.29, 0.717) is 0 Å². The van der Waals surface area contributed by atoms with Crippen molar-refractivity contribution in [3.05, 3.63) is 34.9 Å². The number of nitrogens with zero attached hydrogens (tertiary/aromatic N) is 1. The summed E-state index contributed by atoms with van der Waals surface area (Å²) < 4.78 is 51.9. The molecule has 3 nitrogen and oxygen atoms in total. The highest BCUT2D eigenvalue weighted by atomic mass is 19.3. The molecule has 1 aromatic carbocycles. The van der Waals surface area contributed by atoms with Gasteiger partial charge < -0.3 is 10.4 Å². The van der Waals surface area contributed by atoms with Gasteiger partial charge in [-0.1, -0.05) is 0 Å². The quantitative estimate of drug-likeness (QED) is 0.792. The lowest BCUT2D eigenvalue weighted by molar-refractivity contribution is -0.0478. The van der Waals surface area contributed by atoms with Crippen molar-refractivity contribution in [2.75, 3.05) is 13.2 Å². The van der Waals surface area contributed by atoms with Crippen molar-refractivity contribution in [3.63, 3.8) is 0 Å². The zero-order valence-corrected chi connectivity index (χ0v) is 9.18. The van der Waals surface area contributed by atoms with E-state index in [9.17, 15) is 17.6 Å². The average molecular weight is 262 g/mol. The van der Waals surface area contributed by atoms with Crippen LogP contribution in [0.1, 0.15) is 11.1 Å². The Morgan fingerprint density at radius 2 is 1.83 bits per heavy atom. The van der Waals surface area contributed by atoms with Crippen molar-refractivity contribution >= 4 is 0 Å². The number of hydrogen-bond acceptors (Lipinski definition) is 3. The lowest BCUT2D eigenvalue weighted by Crippen LogP contribution is -2.35. The van der Waals surface area contributed by atoms with E-state index in [2.05, 4.69) is 5.32 Å². The monoisotopic (exact) mass is 262 g/mol. The number of rotatable bonds is 5. The van der Waals surface area contributed by atoms with Crippen molar-refractivity contribution in [3.8, 4) is 6.07 Å². The molecule has 0 atom stereocenters. The molecular weight excluding hydrogens is 252 g/mol. The summed E-state index contributed by atoms with van der Waals surface area (Å²) in [6.45, 7) is -2.71. The fraction of sp³-hybridized carbons (Fsp3) is 0.364. The number of aliphatic hydroxyl groups excluding tert-OH is 1. The molecule has 0 aliphatic heterocycles. The molecule has 0 saturated heterocycles. The number of nitrogens with one attached hydrogen (secondary N) is 1. The third kappa shape index (κ3) is 3.68. The second-order valence-electron chi connectivity index (χ2n) is 3.65. The summed E-state index contributed by atoms with van der Waals surface area (Å²) in [5.74, 6) is -5.31. The second kappa shape index (κ2) is 5.80. The third-order valence-electron chi connectivity index (χ3n) is 2.19. The average Bonchev–Trinajstić information content (AvgIpc) is 2.32. The minimum atomic E-state index is -3.35. The SMILES string of the molecule is N#Cc1cc(F)c(CNCC(F)(F)CO)c(F)c1. The van der Waals surface area contributed by atoms with Gasteiger partial charge in [0.1, 0.15) is 18.2 Å². The normalized spacial score (nSPS) is 11.3. The summed E-state index contributed by atoms with van der Waals surface area (Å²) in [5, 5.41) is 18.9. The molecule has 2 N–H and O–H groups in total. The largest absolute Gasteiger partial charge is 0.390 e. The van der Waals surface area contributed by atoms with E-state index in [4.69, 9.17) is 10.4 Å². The Morgan fingerprint density at radius 3 is 2.28 bits per heavy atom. The van der Waals surface area contributed by atoms with Crippen LogP contribution >= 0.6 is 0 Å². The molecule has 0 unspecified atom stereocenters. The first-order valence-electron chi connectivity index (χ1n) is 4.97. The van der Waals surface area contributed by atoms with Crippen LogP contribution in [0.5, 0.6) is 0 Å². The van der Waals surface area contributed by atoms with E-state index in [1.165, 1.54) is 0 Å². The van der Waals surface area contributed by atoms with Gasteiger partial charge in [0.2, 0.25) is 0 Å². The van der Waals surface area contributed by atoms with Crippen LogP contribution in [0.25, 0.3) is 0 Å². The first-order chi connectivity index (χ1) is 8.39. The highest BCUT2D eigenvalue weighted by Crippen LogP contribution is 2.16. The number of hydrogen-bond donors (Lipinski definition) is 2. The van der Waals surface area contributed by atoms with Crippen molar-refractivity contribution in [2.24, 2.45) is 0 Å². The van der Waals surface area contributed by atoms with Gasteiger partial charge in [-0.2, -0.15) is 5.26 Å². The maximum atomic E-state index is 13.3. The minimum Gasteiger partial charge on any atom is -0.390 e. The third-order valence-corrected chi connectivity index (χ3v) is 2.19. The van der Waals surface area contributed by atoms with Crippen molar-refractivity contribution < 1.29 is 22.7 Å². The molecular formula is C11H10F4N2O. The van der Waals surface area contributed by atoms with E-state index in [0.717, 1.165) is 12.1 Å². The summed E-state index contributed by atoms with van der Waals surface area (Å²) in [5.41, 5.74) is -0.614. The first-order valence-corrected chi connectivity index (χ1v) is 4.97. The predicted molar refractivity (Wildman–Crippen MR) is 54.8 cm³/mol. The zero-order chi connectivity index (χ0) is 13.8. The fourth-order valence-corrected chi connectivity index (χ4v) is 1.26. The molecule has 1 aromatic rings. The van der Waals surface area contributed by atoms with Gasteiger partial charge in [0.15, 0.2) is 0 Å². The predicted octanol–water partition coefficient (Wildman–Crippen LogP) is 1.55. The highest BCUT2D eigenvalue weighted by molar-refractivity contribution is 5.34. The number of benzene rings is 1. The molecule has 0 fully saturated rings. The summed E-state index contributed by atoms with van der Waals surface area (Å²) in [6.07, 6.45) is 0. The Hall–Kier alpha value is -1.65. The Balaban J connectivity index is 2.72. The van der Waals surface area contributed by atoms with E-state index in [1.54, 1.807) is 6.07 Å². The lowest BCUT2D eigenvalue weighted by atomic mass is 10.1. The van der Waals surface area contributed by atoms with Gasteiger partial charge in [0.25, 0.3) is 5.92 Å². The first kappa shape index (κ1) is 14.4. The molecule has 0 aliphatic rings. The van der Waals surface area contributed by atoms with Gasteiger partial charge in [0.05, 0.1) is 18.2 Å². The van der Waals surface area contributed by atoms with Crippen LogP contribution in [0, 0.1) is 23.0 Å². The summed E-state index contributed by atoms with van der Waals surface area (Å²) in [6, 6.07) is 3.22. The molecule has 0 spiro atoms. The van der Waals surface area contributed by atoms with Gasteiger partial charge in [-0.25, -0.2) is 17.6 Å². The summed E-state index contributed by atoms with van der Waals surface area (Å²) in [7, 11) is 0. The van der Waals surface area contributed by atoms with E-state index in [-0.39, 0.29) is 5.56 Å². The van der Waals surface area contributed by atoms with Crippen LogP contribution < -0.4 is 5.32 Å². The maximum Gasteiger partial charge on any atom is 0.282 e. The van der Waals surface area contributed by atoms with Crippen LogP contribution in [0.15, 0.2) is 12.1 Å². The van der Waals surface area contributed by atoms with Crippen molar-refractivity contribution in [2.45, 2.75) is 12.5 Å². The Kier molecular flexibility index (Phi) is 4.64. The van der Waals surface area contributed by atoms with Crippen molar-refractivity contribution in [1.29, 1.82) is 5.26 Å². The number of nitriles is 1. The van der Waals surface area contributed by atoms with E-state index in [1.807, 2.05) is 0 Å². The number of halogens is 4. The van der Waals surface area contributed by atoms with Gasteiger partial charge in [-0.15, -0.1) is 0 Å². The number of alkyl halides is 2. The molecule has 18 heavy (non-hydrogen) atoms. The second-order valence-corrected chi connectivity index (χ2v) is 3.65. The topological polar surface area (TPSA) is 56.0 Å². The molecule has 0 radical (unpaired) electrons. The molecule has 0 saturated carbocycles. The van der Waals surface area contributed by atoms with Crippen molar-refractivity contribution in [1.82, 2.24) is 5.32 Å². The zero-order valence-electron chi connectivity index (χ0n) is 9.18. The van der Waals surface area contributed by atoms with E-state index >= 15 is 0 Å². The van der Waals surface area contributed by atoms with Crippen LogP contribution in [0.3, 0.4) is 0 Å². The van der Waals surface area contributed by atoms with Gasteiger partial charge in [-0.05, 0) is 12.1 Å². The molecule has 0 heterocycles. The van der Waals surface area contributed by atoms with Crippen LogP contribution in [0.2, 0.25) is 0 Å². The van der Waals surface area contributed by atoms with Crippen LogP contribution in [-0.2, 0) is 6.54 Å². The smallest absolute Gasteiger partial charge is 0.282 e. The van der Waals surface area contributed by atoms with Gasteiger partial charge in [-0.3, -0.25) is 0 Å². The highest BCUT2D eigenvalue weighted by Gasteiger charge is 2.27. The Morgan fingerprint density at radius 1 is 1.28 bits per heavy atom. The van der Waals surface area contributed by atoms with Gasteiger partial charge >= 0.3 is 0 Å². The molecule has 0 aliphatic carbocycles. The maximum absolute atomic E-state index is 13.3. The fourth-order valence-electron chi connectivity index (χ4n) is 1.26. The van der Waals surface area contributed by atoms with Crippen LogP contribution in [-0.4, -0.2) is 24.2 Å². The molecule has 7 heteroatoms. The molecule has 0 amide bonds. The summed E-state index contributed by atoms with van der Waals surface area (Å²) in [4.78, 5) is 0. The van der Waals surface area contributed by atoms with Crippen LogP contribution in [0.4, 0.5) is 17.6 Å². The minimum absolute atomic E-state index is 0.186. The Labute approximate surface area is 101 Å². The molecule has 0 aromatic heterocycles. The standard InChI is InChI=1S/C11H10F4N2O/c12-9-1-7(3-16)2-10(13)8(9)4-17-5-11(14,15)6-18/h1-2,17-18H,4-6H2. The molecule has 98 valence electrons.